The molecule has 0 aliphatic carbocycles. The average molecular weight is 290 g/mol. The Labute approximate surface area is 125 Å². The van der Waals surface area contributed by atoms with Gasteiger partial charge in [0, 0.05) is 17.8 Å². The Kier molecular flexibility index (Phi) is 3.74. The van der Waals surface area contributed by atoms with Gasteiger partial charge in [-0.2, -0.15) is 0 Å². The summed E-state index contributed by atoms with van der Waals surface area (Å²) in [5.74, 6) is 0.154. The van der Waals surface area contributed by atoms with Gasteiger partial charge < -0.3 is 9.42 Å². The first-order valence-electron chi connectivity index (χ1n) is 7.69. The minimum atomic E-state index is -0.225. The number of rotatable bonds is 2. The van der Waals surface area contributed by atoms with E-state index in [0.717, 1.165) is 43.6 Å². The third-order valence-corrected chi connectivity index (χ3v) is 4.13. The van der Waals surface area contributed by atoms with Gasteiger partial charge in [0.05, 0.1) is 5.69 Å². The fraction of sp³-hybridized carbons (Fsp3) is 0.588. The summed E-state index contributed by atoms with van der Waals surface area (Å²) >= 11 is 0. The van der Waals surface area contributed by atoms with Gasteiger partial charge in [0.2, 0.25) is 0 Å². The highest BCUT2D eigenvalue weighted by Gasteiger charge is 2.27. The number of aromatic nitrogens is 1. The van der Waals surface area contributed by atoms with Crippen LogP contribution in [0.2, 0.25) is 0 Å². The first-order chi connectivity index (χ1) is 9.92. The molecule has 1 aliphatic heterocycles. The lowest BCUT2D eigenvalue weighted by Crippen LogP contribution is -2.38. The zero-order valence-corrected chi connectivity index (χ0v) is 13.0. The standard InChI is InChI=1S/C17H23FN2O/c1-17(2,3)11-20-8-6-12(7-9-20)16-14-10-13(18)4-5-15(14)21-19-16/h4-5,10,12H,6-9,11H2,1-3H3. The monoisotopic (exact) mass is 290 g/mol. The number of fused-ring (bicyclic) bond motifs is 1. The number of hydrogen-bond donors (Lipinski definition) is 0. The molecule has 0 N–H and O–H groups in total. The van der Waals surface area contributed by atoms with E-state index in [9.17, 15) is 4.39 Å². The summed E-state index contributed by atoms with van der Waals surface area (Å²) in [6, 6.07) is 4.63. The summed E-state index contributed by atoms with van der Waals surface area (Å²) in [4.78, 5) is 2.51. The van der Waals surface area contributed by atoms with E-state index in [1.165, 1.54) is 6.07 Å². The van der Waals surface area contributed by atoms with Crippen LogP contribution < -0.4 is 0 Å². The van der Waals surface area contributed by atoms with Gasteiger partial charge >= 0.3 is 0 Å². The maximum absolute atomic E-state index is 13.4. The van der Waals surface area contributed by atoms with Crippen molar-refractivity contribution in [3.63, 3.8) is 0 Å². The van der Waals surface area contributed by atoms with Crippen LogP contribution in [0.3, 0.4) is 0 Å². The number of hydrogen-bond acceptors (Lipinski definition) is 3. The van der Waals surface area contributed by atoms with Gasteiger partial charge in [-0.25, -0.2) is 4.39 Å². The van der Waals surface area contributed by atoms with Crippen molar-refractivity contribution < 1.29 is 8.91 Å². The van der Waals surface area contributed by atoms with E-state index in [1.54, 1.807) is 12.1 Å². The van der Waals surface area contributed by atoms with Crippen LogP contribution in [-0.2, 0) is 0 Å². The third kappa shape index (κ3) is 3.26. The van der Waals surface area contributed by atoms with Gasteiger partial charge in [-0.1, -0.05) is 25.9 Å². The normalized spacial score (nSPS) is 18.5. The number of nitrogens with zero attached hydrogens (tertiary/aromatic N) is 2. The number of piperidine rings is 1. The van der Waals surface area contributed by atoms with Gasteiger partial charge in [-0.05, 0) is 49.5 Å². The second kappa shape index (κ2) is 5.41. The van der Waals surface area contributed by atoms with Crippen molar-refractivity contribution in [2.24, 2.45) is 5.41 Å². The molecule has 0 radical (unpaired) electrons. The first-order valence-corrected chi connectivity index (χ1v) is 7.69. The molecule has 0 amide bonds. The highest BCUT2D eigenvalue weighted by Crippen LogP contribution is 2.33. The molecule has 21 heavy (non-hydrogen) atoms. The predicted octanol–water partition coefficient (Wildman–Crippen LogP) is 4.19. The lowest BCUT2D eigenvalue weighted by atomic mass is 9.89. The summed E-state index contributed by atoms with van der Waals surface area (Å²) in [5.41, 5.74) is 1.94. The summed E-state index contributed by atoms with van der Waals surface area (Å²) in [6.07, 6.45) is 2.13. The molecule has 114 valence electrons. The Morgan fingerprint density at radius 3 is 2.67 bits per heavy atom. The Morgan fingerprint density at radius 2 is 2.00 bits per heavy atom. The molecule has 0 bridgehead atoms. The fourth-order valence-electron chi connectivity index (χ4n) is 3.26. The van der Waals surface area contributed by atoms with Crippen LogP contribution in [0.1, 0.15) is 45.2 Å². The predicted molar refractivity (Wildman–Crippen MR) is 81.8 cm³/mol. The zero-order valence-electron chi connectivity index (χ0n) is 13.0. The van der Waals surface area contributed by atoms with Crippen LogP contribution in [0.4, 0.5) is 4.39 Å². The molecule has 2 heterocycles. The zero-order chi connectivity index (χ0) is 15.0. The summed E-state index contributed by atoms with van der Waals surface area (Å²) in [5, 5.41) is 5.04. The van der Waals surface area contributed by atoms with Gasteiger partial charge in [-0.3, -0.25) is 0 Å². The van der Waals surface area contributed by atoms with Crippen LogP contribution in [0.15, 0.2) is 22.7 Å². The van der Waals surface area contributed by atoms with E-state index in [0.29, 0.717) is 16.9 Å². The molecule has 3 rings (SSSR count). The molecule has 1 aliphatic rings. The minimum absolute atomic E-state index is 0.225. The Hall–Kier alpha value is -1.42. The van der Waals surface area contributed by atoms with Gasteiger partial charge in [0.1, 0.15) is 5.82 Å². The summed E-state index contributed by atoms with van der Waals surface area (Å²) < 4.78 is 18.8. The maximum Gasteiger partial charge on any atom is 0.167 e. The second-order valence-electron chi connectivity index (χ2n) is 7.32. The largest absolute Gasteiger partial charge is 0.356 e. The molecule has 2 aromatic rings. The van der Waals surface area contributed by atoms with Crippen molar-refractivity contribution in [2.45, 2.75) is 39.5 Å². The van der Waals surface area contributed by atoms with Crippen LogP contribution in [0, 0.1) is 11.2 Å². The number of benzene rings is 1. The molecule has 0 spiro atoms. The minimum Gasteiger partial charge on any atom is -0.356 e. The van der Waals surface area contributed by atoms with Gasteiger partial charge in [0.25, 0.3) is 0 Å². The van der Waals surface area contributed by atoms with Crippen LogP contribution in [-0.4, -0.2) is 29.7 Å². The van der Waals surface area contributed by atoms with Crippen molar-refractivity contribution in [3.05, 3.63) is 29.7 Å². The molecule has 0 unspecified atom stereocenters. The molecule has 3 nitrogen and oxygen atoms in total. The highest BCUT2D eigenvalue weighted by molar-refractivity contribution is 5.79. The lowest BCUT2D eigenvalue weighted by molar-refractivity contribution is 0.152. The molecule has 4 heteroatoms. The van der Waals surface area contributed by atoms with Gasteiger partial charge in [-0.15, -0.1) is 0 Å². The number of halogens is 1. The summed E-state index contributed by atoms with van der Waals surface area (Å²) in [6.45, 7) is 10.1. The smallest absolute Gasteiger partial charge is 0.167 e. The van der Waals surface area contributed by atoms with E-state index in [4.69, 9.17) is 4.52 Å². The molecule has 1 aromatic carbocycles. The van der Waals surface area contributed by atoms with Crippen molar-refractivity contribution in [1.29, 1.82) is 0 Å². The van der Waals surface area contributed by atoms with Crippen LogP contribution in [0.5, 0.6) is 0 Å². The van der Waals surface area contributed by atoms with Crippen LogP contribution in [0.25, 0.3) is 11.0 Å². The van der Waals surface area contributed by atoms with E-state index in [2.05, 4.69) is 30.8 Å². The molecule has 0 atom stereocenters. The third-order valence-electron chi connectivity index (χ3n) is 4.13. The summed E-state index contributed by atoms with van der Waals surface area (Å²) in [7, 11) is 0. The fourth-order valence-corrected chi connectivity index (χ4v) is 3.26. The van der Waals surface area contributed by atoms with Crippen molar-refractivity contribution in [3.8, 4) is 0 Å². The van der Waals surface area contributed by atoms with Crippen molar-refractivity contribution in [2.75, 3.05) is 19.6 Å². The first kappa shape index (κ1) is 14.5. The quantitative estimate of drug-likeness (QED) is 0.830. The SMILES string of the molecule is CC(C)(C)CN1CCC(c2noc3ccc(F)cc23)CC1. The molecule has 1 fully saturated rings. The molecular formula is C17H23FN2O. The molecule has 1 saturated heterocycles. The Bertz CT molecular complexity index is 621. The van der Waals surface area contributed by atoms with E-state index < -0.39 is 0 Å². The van der Waals surface area contributed by atoms with Crippen LogP contribution >= 0.6 is 0 Å². The van der Waals surface area contributed by atoms with Crippen molar-refractivity contribution in [1.82, 2.24) is 10.1 Å². The van der Waals surface area contributed by atoms with E-state index in [1.807, 2.05) is 0 Å². The average Bonchev–Trinajstić information content (AvgIpc) is 2.81. The Balaban J connectivity index is 1.72. The number of likely N-dealkylation sites (tertiary alicyclic amines) is 1. The topological polar surface area (TPSA) is 29.3 Å². The second-order valence-corrected chi connectivity index (χ2v) is 7.32. The molecule has 0 saturated carbocycles. The van der Waals surface area contributed by atoms with E-state index in [-0.39, 0.29) is 5.82 Å². The lowest BCUT2D eigenvalue weighted by Gasteiger charge is -2.35. The van der Waals surface area contributed by atoms with E-state index >= 15 is 0 Å². The van der Waals surface area contributed by atoms with Gasteiger partial charge in [0.15, 0.2) is 5.58 Å². The highest BCUT2D eigenvalue weighted by atomic mass is 19.1. The molecular weight excluding hydrogens is 267 g/mol. The van der Waals surface area contributed by atoms with Crippen molar-refractivity contribution >= 4 is 11.0 Å². The molecule has 1 aromatic heterocycles. The maximum atomic E-state index is 13.4. The Morgan fingerprint density at radius 1 is 1.29 bits per heavy atom.